The average molecular weight is 371 g/mol. The number of carbonyl (C=O) groups is 1. The predicted octanol–water partition coefficient (Wildman–Crippen LogP) is 5.01. The molecule has 1 aliphatic rings. The van der Waals surface area contributed by atoms with Crippen molar-refractivity contribution >= 4 is 40.3 Å². The van der Waals surface area contributed by atoms with Crippen LogP contribution in [0, 0.1) is 20.8 Å². The zero-order chi connectivity index (χ0) is 18.1. The molecule has 0 radical (unpaired) electrons. The number of carbonyl (C=O) groups excluding carboxylic acids is 1. The first-order valence-corrected chi connectivity index (χ1v) is 9.66. The molecule has 0 aliphatic carbocycles. The molecule has 3 rings (SSSR count). The number of hydrogen-bond acceptors (Lipinski definition) is 3. The summed E-state index contributed by atoms with van der Waals surface area (Å²) < 4.78 is 2.88. The monoisotopic (exact) mass is 370 g/mol. The van der Waals surface area contributed by atoms with Crippen molar-refractivity contribution in [3.8, 4) is 5.69 Å². The van der Waals surface area contributed by atoms with Crippen LogP contribution in [0.25, 0.3) is 11.8 Å². The van der Waals surface area contributed by atoms with Crippen molar-refractivity contribution < 1.29 is 4.79 Å². The van der Waals surface area contributed by atoms with Gasteiger partial charge in [0.2, 0.25) is 0 Å². The number of thiocarbonyl (C=S) groups is 1. The minimum atomic E-state index is 0.0250. The highest BCUT2D eigenvalue weighted by Gasteiger charge is 2.31. The van der Waals surface area contributed by atoms with Crippen LogP contribution in [0.15, 0.2) is 35.2 Å². The highest BCUT2D eigenvalue weighted by Crippen LogP contribution is 2.34. The molecule has 3 nitrogen and oxygen atoms in total. The summed E-state index contributed by atoms with van der Waals surface area (Å²) >= 11 is 6.75. The third-order valence-corrected chi connectivity index (χ3v) is 5.75. The Morgan fingerprint density at radius 2 is 1.84 bits per heavy atom. The van der Waals surface area contributed by atoms with Gasteiger partial charge in [-0.15, -0.1) is 0 Å². The van der Waals surface area contributed by atoms with E-state index in [1.165, 1.54) is 17.3 Å². The summed E-state index contributed by atoms with van der Waals surface area (Å²) in [6.45, 7) is 9.00. The van der Waals surface area contributed by atoms with E-state index in [2.05, 4.69) is 62.6 Å². The Morgan fingerprint density at radius 1 is 1.16 bits per heavy atom. The number of aromatic nitrogens is 1. The lowest BCUT2D eigenvalue weighted by Gasteiger charge is -2.12. The van der Waals surface area contributed by atoms with E-state index in [9.17, 15) is 4.79 Å². The fraction of sp³-hybridized carbons (Fsp3) is 0.300. The molecular formula is C20H22N2OS2. The molecular weight excluding hydrogens is 348 g/mol. The minimum absolute atomic E-state index is 0.0250. The molecule has 0 N–H and O–H groups in total. The second kappa shape index (κ2) is 7.18. The Bertz CT molecular complexity index is 863. The zero-order valence-corrected chi connectivity index (χ0v) is 16.6. The Hall–Kier alpha value is -1.85. The van der Waals surface area contributed by atoms with E-state index < -0.39 is 0 Å². The lowest BCUT2D eigenvalue weighted by Crippen LogP contribution is -2.28. The molecule has 1 saturated heterocycles. The summed E-state index contributed by atoms with van der Waals surface area (Å²) in [5, 5.41) is 0. The number of nitrogens with zero attached hydrogens (tertiary/aromatic N) is 2. The molecule has 0 unspecified atom stereocenters. The van der Waals surface area contributed by atoms with Gasteiger partial charge in [-0.2, -0.15) is 0 Å². The van der Waals surface area contributed by atoms with Crippen molar-refractivity contribution in [1.82, 2.24) is 9.47 Å². The number of benzene rings is 1. The smallest absolute Gasteiger partial charge is 0.266 e. The van der Waals surface area contributed by atoms with Crippen molar-refractivity contribution in [2.24, 2.45) is 0 Å². The van der Waals surface area contributed by atoms with Crippen LogP contribution in [0.4, 0.5) is 0 Å². The van der Waals surface area contributed by atoms with Gasteiger partial charge in [0.25, 0.3) is 5.91 Å². The average Bonchev–Trinajstić information content (AvgIpc) is 3.00. The molecule has 2 heterocycles. The fourth-order valence-electron chi connectivity index (χ4n) is 3.08. The molecule has 1 amide bonds. The van der Waals surface area contributed by atoms with Crippen LogP contribution in [-0.4, -0.2) is 26.2 Å². The largest absolute Gasteiger partial charge is 0.318 e. The van der Waals surface area contributed by atoms with Crippen LogP contribution >= 0.6 is 24.0 Å². The van der Waals surface area contributed by atoms with Gasteiger partial charge >= 0.3 is 0 Å². The van der Waals surface area contributed by atoms with Gasteiger partial charge < -0.3 is 4.57 Å². The number of amides is 1. The highest BCUT2D eigenvalue weighted by atomic mass is 32.2. The molecule has 0 spiro atoms. The molecule has 5 heteroatoms. The van der Waals surface area contributed by atoms with E-state index in [-0.39, 0.29) is 5.91 Å². The molecule has 1 aromatic heterocycles. The fourth-order valence-corrected chi connectivity index (χ4v) is 4.38. The molecule has 0 atom stereocenters. The van der Waals surface area contributed by atoms with Crippen LogP contribution in [0.1, 0.15) is 35.9 Å². The second-order valence-corrected chi connectivity index (χ2v) is 8.01. The van der Waals surface area contributed by atoms with E-state index in [0.29, 0.717) is 15.8 Å². The van der Waals surface area contributed by atoms with E-state index in [4.69, 9.17) is 12.2 Å². The third kappa shape index (κ3) is 3.44. The maximum Gasteiger partial charge on any atom is 0.266 e. The highest BCUT2D eigenvalue weighted by molar-refractivity contribution is 8.26. The Morgan fingerprint density at radius 3 is 2.48 bits per heavy atom. The second-order valence-electron chi connectivity index (χ2n) is 6.33. The summed E-state index contributed by atoms with van der Waals surface area (Å²) in [6, 6.07) is 10.6. The SMILES string of the molecule is CCCN1C(=O)/C(=C\c2cc(C)n(-c3ccc(C)cc3)c2C)SC1=S. The van der Waals surface area contributed by atoms with Crippen molar-refractivity contribution in [3.05, 3.63) is 57.8 Å². The van der Waals surface area contributed by atoms with Gasteiger partial charge in [-0.1, -0.05) is 48.6 Å². The topological polar surface area (TPSA) is 25.2 Å². The maximum atomic E-state index is 12.6. The van der Waals surface area contributed by atoms with Crippen molar-refractivity contribution in [3.63, 3.8) is 0 Å². The van der Waals surface area contributed by atoms with Crippen LogP contribution in [0.2, 0.25) is 0 Å². The summed E-state index contributed by atoms with van der Waals surface area (Å²) in [4.78, 5) is 15.0. The van der Waals surface area contributed by atoms with Gasteiger partial charge in [0.1, 0.15) is 4.32 Å². The molecule has 25 heavy (non-hydrogen) atoms. The Kier molecular flexibility index (Phi) is 5.16. The number of aryl methyl sites for hydroxylation is 2. The predicted molar refractivity (Wildman–Crippen MR) is 110 cm³/mol. The van der Waals surface area contributed by atoms with Gasteiger partial charge in [-0.05, 0) is 57.0 Å². The quantitative estimate of drug-likeness (QED) is 0.558. The minimum Gasteiger partial charge on any atom is -0.318 e. The van der Waals surface area contributed by atoms with Gasteiger partial charge in [0, 0.05) is 23.6 Å². The number of rotatable bonds is 4. The molecule has 0 saturated carbocycles. The number of hydrogen-bond donors (Lipinski definition) is 0. The first kappa shape index (κ1) is 18.0. The summed E-state index contributed by atoms with van der Waals surface area (Å²) in [6.07, 6.45) is 2.88. The molecule has 1 aromatic carbocycles. The van der Waals surface area contributed by atoms with Crippen LogP contribution in [-0.2, 0) is 4.79 Å². The lowest BCUT2D eigenvalue weighted by molar-refractivity contribution is -0.122. The lowest BCUT2D eigenvalue weighted by atomic mass is 10.2. The van der Waals surface area contributed by atoms with E-state index in [1.54, 1.807) is 4.90 Å². The first-order valence-electron chi connectivity index (χ1n) is 8.43. The molecule has 0 bridgehead atoms. The zero-order valence-electron chi connectivity index (χ0n) is 15.0. The first-order chi connectivity index (χ1) is 11.9. The van der Waals surface area contributed by atoms with Gasteiger partial charge in [-0.3, -0.25) is 9.69 Å². The van der Waals surface area contributed by atoms with Crippen molar-refractivity contribution in [2.75, 3.05) is 6.54 Å². The van der Waals surface area contributed by atoms with Crippen LogP contribution in [0.5, 0.6) is 0 Å². The summed E-state index contributed by atoms with van der Waals surface area (Å²) in [7, 11) is 0. The van der Waals surface area contributed by atoms with Gasteiger partial charge in [0.15, 0.2) is 0 Å². The summed E-state index contributed by atoms with van der Waals surface area (Å²) in [5.41, 5.74) is 5.72. The van der Waals surface area contributed by atoms with E-state index in [1.807, 2.05) is 6.08 Å². The van der Waals surface area contributed by atoms with Crippen LogP contribution < -0.4 is 0 Å². The standard InChI is InChI=1S/C20H22N2OS2/c1-5-10-21-19(23)18(25-20(21)24)12-16-11-14(3)22(15(16)4)17-8-6-13(2)7-9-17/h6-9,11-12H,5,10H2,1-4H3/b18-12+. The van der Waals surface area contributed by atoms with E-state index in [0.717, 1.165) is 29.1 Å². The van der Waals surface area contributed by atoms with Crippen molar-refractivity contribution in [1.29, 1.82) is 0 Å². The molecule has 1 aliphatic heterocycles. The van der Waals surface area contributed by atoms with Crippen molar-refractivity contribution in [2.45, 2.75) is 34.1 Å². The normalized spacial score (nSPS) is 16.3. The van der Waals surface area contributed by atoms with Crippen LogP contribution in [0.3, 0.4) is 0 Å². The molecule has 2 aromatic rings. The maximum absolute atomic E-state index is 12.6. The Balaban J connectivity index is 1.97. The molecule has 130 valence electrons. The van der Waals surface area contributed by atoms with Gasteiger partial charge in [0.05, 0.1) is 4.91 Å². The Labute approximate surface area is 158 Å². The third-order valence-electron chi connectivity index (χ3n) is 4.37. The van der Waals surface area contributed by atoms with Gasteiger partial charge in [-0.25, -0.2) is 0 Å². The molecule has 1 fully saturated rings. The summed E-state index contributed by atoms with van der Waals surface area (Å²) in [5.74, 6) is 0.0250. The number of thioether (sulfide) groups is 1. The van der Waals surface area contributed by atoms with E-state index >= 15 is 0 Å².